The van der Waals surface area contributed by atoms with Crippen molar-refractivity contribution >= 4 is 5.97 Å². The third-order valence-electron chi connectivity index (χ3n) is 3.34. The molecule has 0 aromatic rings. The van der Waals surface area contributed by atoms with E-state index < -0.39 is 0 Å². The molecule has 0 fully saturated rings. The van der Waals surface area contributed by atoms with E-state index in [1.165, 1.54) is 44.6 Å². The van der Waals surface area contributed by atoms with E-state index in [0.717, 1.165) is 25.7 Å². The molecule has 0 aliphatic heterocycles. The number of hydrogen-bond donors (Lipinski definition) is 0. The molecule has 0 spiro atoms. The molecule has 0 bridgehead atoms. The van der Waals surface area contributed by atoms with Gasteiger partial charge in [-0.05, 0) is 37.7 Å². The van der Waals surface area contributed by atoms with E-state index in [-0.39, 0.29) is 12.1 Å². The first kappa shape index (κ1) is 15.8. The summed E-state index contributed by atoms with van der Waals surface area (Å²) in [6, 6.07) is 0. The van der Waals surface area contributed by atoms with Crippen molar-refractivity contribution in [1.82, 2.24) is 0 Å². The molecule has 0 saturated heterocycles. The van der Waals surface area contributed by atoms with Crippen LogP contribution in [0.2, 0.25) is 0 Å². The lowest BCUT2D eigenvalue weighted by Gasteiger charge is -2.18. The summed E-state index contributed by atoms with van der Waals surface area (Å²) < 4.78 is 5.34. The monoisotopic (exact) mass is 262 g/mol. The maximum Gasteiger partial charge on any atom is 0.304 e. The minimum absolute atomic E-state index is 0.239. The average Bonchev–Trinajstić information content (AvgIpc) is 2.42. The highest BCUT2D eigenvalue weighted by Gasteiger charge is 2.16. The standard InChI is InChI=1S/C17H26O2/c1-3-4-5-6-7-11-14-17(19-15(2)18)16-12-9-8-10-13-16/h12,17H,3-10,13H2,1-2H3. The molecule has 2 nitrogen and oxygen atoms in total. The summed E-state index contributed by atoms with van der Waals surface area (Å²) in [5, 5.41) is 0. The molecule has 0 saturated carbocycles. The van der Waals surface area contributed by atoms with Gasteiger partial charge in [0.2, 0.25) is 0 Å². The number of carbonyl (C=O) groups excluding carboxylic acids is 1. The van der Waals surface area contributed by atoms with Crippen LogP contribution < -0.4 is 0 Å². The Morgan fingerprint density at radius 2 is 2.21 bits per heavy atom. The van der Waals surface area contributed by atoms with Crippen LogP contribution in [0.1, 0.15) is 71.6 Å². The van der Waals surface area contributed by atoms with Crippen molar-refractivity contribution in [3.05, 3.63) is 11.6 Å². The molecule has 0 heterocycles. The van der Waals surface area contributed by atoms with E-state index >= 15 is 0 Å². The van der Waals surface area contributed by atoms with E-state index in [9.17, 15) is 4.79 Å². The SMILES string of the molecule is CCCCCCC#CC(OC(C)=O)C1=CCCCC1. The highest BCUT2D eigenvalue weighted by Crippen LogP contribution is 2.22. The first-order chi connectivity index (χ1) is 9.24. The van der Waals surface area contributed by atoms with Crippen LogP contribution in [0.25, 0.3) is 0 Å². The van der Waals surface area contributed by atoms with Crippen molar-refractivity contribution in [2.45, 2.75) is 77.7 Å². The summed E-state index contributed by atoms with van der Waals surface area (Å²) >= 11 is 0. The Labute approximate surface area is 117 Å². The molecule has 0 amide bonds. The summed E-state index contributed by atoms with van der Waals surface area (Å²) in [6.45, 7) is 3.66. The number of esters is 1. The highest BCUT2D eigenvalue weighted by molar-refractivity contribution is 5.67. The summed E-state index contributed by atoms with van der Waals surface area (Å²) in [6.07, 6.45) is 12.2. The van der Waals surface area contributed by atoms with Gasteiger partial charge in [-0.3, -0.25) is 4.79 Å². The second kappa shape index (κ2) is 9.67. The molecule has 0 N–H and O–H groups in total. The van der Waals surface area contributed by atoms with E-state index in [1.807, 2.05) is 0 Å². The zero-order chi connectivity index (χ0) is 13.9. The Bertz CT molecular complexity index is 357. The zero-order valence-electron chi connectivity index (χ0n) is 12.3. The highest BCUT2D eigenvalue weighted by atomic mass is 16.5. The van der Waals surface area contributed by atoms with Crippen LogP contribution in [-0.2, 0) is 9.53 Å². The lowest BCUT2D eigenvalue weighted by Crippen LogP contribution is -2.18. The van der Waals surface area contributed by atoms with Crippen LogP contribution in [0.3, 0.4) is 0 Å². The fraction of sp³-hybridized carbons (Fsp3) is 0.706. The van der Waals surface area contributed by atoms with Crippen LogP contribution in [-0.4, -0.2) is 12.1 Å². The minimum Gasteiger partial charge on any atom is -0.445 e. The first-order valence-electron chi connectivity index (χ1n) is 7.58. The average molecular weight is 262 g/mol. The molecule has 1 rings (SSSR count). The zero-order valence-corrected chi connectivity index (χ0v) is 12.3. The summed E-state index contributed by atoms with van der Waals surface area (Å²) in [5.74, 6) is 6.08. The Balaban J connectivity index is 2.47. The van der Waals surface area contributed by atoms with Gasteiger partial charge >= 0.3 is 5.97 Å². The van der Waals surface area contributed by atoms with Gasteiger partial charge < -0.3 is 4.74 Å². The minimum atomic E-state index is -0.302. The van der Waals surface area contributed by atoms with Crippen molar-refractivity contribution < 1.29 is 9.53 Å². The van der Waals surface area contributed by atoms with Gasteiger partial charge in [0.1, 0.15) is 0 Å². The van der Waals surface area contributed by atoms with E-state index in [2.05, 4.69) is 24.8 Å². The number of hydrogen-bond acceptors (Lipinski definition) is 2. The fourth-order valence-corrected chi connectivity index (χ4v) is 2.27. The normalized spacial score (nSPS) is 16.0. The van der Waals surface area contributed by atoms with Gasteiger partial charge in [-0.15, -0.1) is 0 Å². The Morgan fingerprint density at radius 3 is 2.84 bits per heavy atom. The van der Waals surface area contributed by atoms with Crippen molar-refractivity contribution in [3.8, 4) is 11.8 Å². The van der Waals surface area contributed by atoms with E-state index in [1.54, 1.807) is 0 Å². The molecular weight excluding hydrogens is 236 g/mol. The summed E-state index contributed by atoms with van der Waals surface area (Å²) in [4.78, 5) is 11.2. The van der Waals surface area contributed by atoms with Crippen LogP contribution in [0.15, 0.2) is 11.6 Å². The molecule has 0 aromatic heterocycles. The molecular formula is C17H26O2. The van der Waals surface area contributed by atoms with Crippen LogP contribution >= 0.6 is 0 Å². The largest absolute Gasteiger partial charge is 0.445 e. The van der Waals surface area contributed by atoms with Gasteiger partial charge in [0.05, 0.1) is 0 Å². The third-order valence-corrected chi connectivity index (χ3v) is 3.34. The molecule has 19 heavy (non-hydrogen) atoms. The number of unbranched alkanes of at least 4 members (excludes halogenated alkanes) is 4. The molecule has 0 radical (unpaired) electrons. The van der Waals surface area contributed by atoms with E-state index in [4.69, 9.17) is 4.74 Å². The maximum absolute atomic E-state index is 11.2. The maximum atomic E-state index is 11.2. The smallest absolute Gasteiger partial charge is 0.304 e. The summed E-state index contributed by atoms with van der Waals surface area (Å²) in [7, 11) is 0. The second-order valence-corrected chi connectivity index (χ2v) is 5.15. The van der Waals surface area contributed by atoms with E-state index in [0.29, 0.717) is 0 Å². The Hall–Kier alpha value is -1.23. The van der Waals surface area contributed by atoms with Gasteiger partial charge in [0.25, 0.3) is 0 Å². The van der Waals surface area contributed by atoms with Crippen molar-refractivity contribution in [1.29, 1.82) is 0 Å². The number of rotatable bonds is 6. The topological polar surface area (TPSA) is 26.3 Å². The third kappa shape index (κ3) is 7.06. The molecule has 1 unspecified atom stereocenters. The lowest BCUT2D eigenvalue weighted by atomic mass is 9.95. The van der Waals surface area contributed by atoms with Crippen LogP contribution in [0.5, 0.6) is 0 Å². The first-order valence-corrected chi connectivity index (χ1v) is 7.58. The van der Waals surface area contributed by atoms with Crippen LogP contribution in [0, 0.1) is 11.8 Å². The Kier molecular flexibility index (Phi) is 8.05. The van der Waals surface area contributed by atoms with Gasteiger partial charge in [0, 0.05) is 13.3 Å². The fourth-order valence-electron chi connectivity index (χ4n) is 2.27. The quantitative estimate of drug-likeness (QED) is 0.307. The predicted molar refractivity (Wildman–Crippen MR) is 78.6 cm³/mol. The van der Waals surface area contributed by atoms with Crippen molar-refractivity contribution in [2.24, 2.45) is 0 Å². The van der Waals surface area contributed by atoms with Crippen molar-refractivity contribution in [3.63, 3.8) is 0 Å². The van der Waals surface area contributed by atoms with Crippen LogP contribution in [0.4, 0.5) is 0 Å². The number of ether oxygens (including phenoxy) is 1. The summed E-state index contributed by atoms with van der Waals surface area (Å²) in [5.41, 5.74) is 1.20. The number of allylic oxidation sites excluding steroid dienone is 1. The van der Waals surface area contributed by atoms with Gasteiger partial charge in [-0.25, -0.2) is 0 Å². The van der Waals surface area contributed by atoms with Gasteiger partial charge in [0.15, 0.2) is 6.10 Å². The van der Waals surface area contributed by atoms with Gasteiger partial charge in [-0.1, -0.05) is 44.1 Å². The molecule has 2 heteroatoms. The Morgan fingerprint density at radius 1 is 1.37 bits per heavy atom. The van der Waals surface area contributed by atoms with Gasteiger partial charge in [-0.2, -0.15) is 0 Å². The molecule has 1 aliphatic carbocycles. The molecule has 1 aliphatic rings. The predicted octanol–water partition coefficient (Wildman–Crippen LogP) is 4.39. The number of carbonyl (C=O) groups is 1. The lowest BCUT2D eigenvalue weighted by molar-refractivity contribution is -0.142. The second-order valence-electron chi connectivity index (χ2n) is 5.15. The molecule has 0 aromatic carbocycles. The van der Waals surface area contributed by atoms with Crippen molar-refractivity contribution in [2.75, 3.05) is 0 Å². The molecule has 1 atom stereocenters. The molecule has 106 valence electrons.